The lowest BCUT2D eigenvalue weighted by Gasteiger charge is -2.07. The lowest BCUT2D eigenvalue weighted by molar-refractivity contribution is -0.126. The van der Waals surface area contributed by atoms with Crippen molar-refractivity contribution < 1.29 is 9.90 Å². The Morgan fingerprint density at radius 1 is 1.62 bits per heavy atom. The van der Waals surface area contributed by atoms with Gasteiger partial charge in [0.15, 0.2) is 5.78 Å². The van der Waals surface area contributed by atoms with Gasteiger partial charge in [-0.05, 0) is 6.42 Å². The van der Waals surface area contributed by atoms with Crippen molar-refractivity contribution in [2.45, 2.75) is 18.9 Å². The summed E-state index contributed by atoms with van der Waals surface area (Å²) in [4.78, 5) is 10.5. The van der Waals surface area contributed by atoms with E-state index in [-0.39, 0.29) is 5.78 Å². The van der Waals surface area contributed by atoms with Gasteiger partial charge in [-0.1, -0.05) is 12.2 Å². The fraction of sp³-hybridized carbons (Fsp3) is 0.500. The van der Waals surface area contributed by atoms with E-state index in [1.807, 2.05) is 6.08 Å². The van der Waals surface area contributed by atoms with Crippen LogP contribution in [0.25, 0.3) is 0 Å². The van der Waals surface area contributed by atoms with Crippen LogP contribution in [0, 0.1) is 0 Å². The van der Waals surface area contributed by atoms with E-state index >= 15 is 0 Å². The summed E-state index contributed by atoms with van der Waals surface area (Å²) in [7, 11) is 0. The number of aliphatic hydroxyl groups excluding tert-OH is 1. The van der Waals surface area contributed by atoms with Gasteiger partial charge in [0.25, 0.3) is 0 Å². The smallest absolute Gasteiger partial charge is 0.165 e. The van der Waals surface area contributed by atoms with E-state index in [2.05, 4.69) is 0 Å². The molecule has 0 amide bonds. The second kappa shape index (κ2) is 2.09. The average molecular weight is 112 g/mol. The van der Waals surface area contributed by atoms with Gasteiger partial charge in [0.2, 0.25) is 0 Å². The zero-order valence-corrected chi connectivity index (χ0v) is 4.50. The molecule has 0 heterocycles. The number of hydrogen-bond donors (Lipinski definition) is 1. The van der Waals surface area contributed by atoms with E-state index in [0.717, 1.165) is 0 Å². The Hall–Kier alpha value is -0.630. The van der Waals surface area contributed by atoms with Crippen molar-refractivity contribution >= 4 is 5.78 Å². The molecule has 0 aliphatic heterocycles. The molecule has 0 saturated carbocycles. The molecule has 1 unspecified atom stereocenters. The van der Waals surface area contributed by atoms with Gasteiger partial charge in [-0.3, -0.25) is 4.79 Å². The Kier molecular flexibility index (Phi) is 1.44. The van der Waals surface area contributed by atoms with Crippen LogP contribution in [0.5, 0.6) is 0 Å². The van der Waals surface area contributed by atoms with Gasteiger partial charge in [0.05, 0.1) is 0 Å². The van der Waals surface area contributed by atoms with Crippen molar-refractivity contribution in [2.75, 3.05) is 0 Å². The normalized spacial score (nSPS) is 28.6. The average Bonchev–Trinajstić information content (AvgIpc) is 1.77. The first-order valence-electron chi connectivity index (χ1n) is 2.66. The van der Waals surface area contributed by atoms with Crippen molar-refractivity contribution in [3.8, 4) is 0 Å². The van der Waals surface area contributed by atoms with Crippen LogP contribution in [-0.4, -0.2) is 17.0 Å². The Morgan fingerprint density at radius 2 is 2.38 bits per heavy atom. The van der Waals surface area contributed by atoms with Gasteiger partial charge in [0, 0.05) is 6.42 Å². The maximum atomic E-state index is 10.5. The van der Waals surface area contributed by atoms with E-state index in [0.29, 0.717) is 12.8 Å². The van der Waals surface area contributed by atoms with Crippen LogP contribution >= 0.6 is 0 Å². The van der Waals surface area contributed by atoms with Crippen molar-refractivity contribution in [2.24, 2.45) is 0 Å². The SMILES string of the molecule is O=C1CC=CCC1O. The molecule has 0 radical (unpaired) electrons. The van der Waals surface area contributed by atoms with Crippen molar-refractivity contribution in [1.29, 1.82) is 0 Å². The highest BCUT2D eigenvalue weighted by atomic mass is 16.3. The molecule has 0 fully saturated rings. The molecular formula is C6H8O2. The molecule has 0 aromatic rings. The van der Waals surface area contributed by atoms with E-state index in [1.165, 1.54) is 0 Å². The molecule has 0 spiro atoms. The molecule has 1 rings (SSSR count). The zero-order valence-electron chi connectivity index (χ0n) is 4.50. The Morgan fingerprint density at radius 3 is 2.75 bits per heavy atom. The summed E-state index contributed by atoms with van der Waals surface area (Å²) in [5, 5.41) is 8.78. The van der Waals surface area contributed by atoms with Gasteiger partial charge in [-0.15, -0.1) is 0 Å². The maximum Gasteiger partial charge on any atom is 0.165 e. The van der Waals surface area contributed by atoms with Crippen LogP contribution < -0.4 is 0 Å². The summed E-state index contributed by atoms with van der Waals surface area (Å²) in [5.74, 6) is -0.0625. The molecule has 2 nitrogen and oxygen atoms in total. The number of aliphatic hydroxyl groups is 1. The van der Waals surface area contributed by atoms with Crippen molar-refractivity contribution in [1.82, 2.24) is 0 Å². The van der Waals surface area contributed by atoms with Gasteiger partial charge in [-0.25, -0.2) is 0 Å². The summed E-state index contributed by atoms with van der Waals surface area (Å²) in [6, 6.07) is 0. The first kappa shape index (κ1) is 5.51. The summed E-state index contributed by atoms with van der Waals surface area (Å²) in [6.45, 7) is 0. The fourth-order valence-electron chi connectivity index (χ4n) is 0.692. The Bertz CT molecular complexity index is 126. The fourth-order valence-corrected chi connectivity index (χ4v) is 0.692. The van der Waals surface area contributed by atoms with E-state index in [1.54, 1.807) is 6.08 Å². The number of carbonyl (C=O) groups excluding carboxylic acids is 1. The van der Waals surface area contributed by atoms with Crippen LogP contribution in [0.2, 0.25) is 0 Å². The molecule has 2 heteroatoms. The minimum Gasteiger partial charge on any atom is -0.385 e. The molecule has 0 aromatic heterocycles. The summed E-state index contributed by atoms with van der Waals surface area (Å²) < 4.78 is 0. The van der Waals surface area contributed by atoms with Gasteiger partial charge >= 0.3 is 0 Å². The number of allylic oxidation sites excluding steroid dienone is 1. The molecular weight excluding hydrogens is 104 g/mol. The quantitative estimate of drug-likeness (QED) is 0.456. The first-order chi connectivity index (χ1) is 3.80. The monoisotopic (exact) mass is 112 g/mol. The third-order valence-electron chi connectivity index (χ3n) is 1.22. The molecule has 1 aliphatic rings. The second-order valence-electron chi connectivity index (χ2n) is 1.89. The van der Waals surface area contributed by atoms with Crippen LogP contribution in [-0.2, 0) is 4.79 Å². The number of Topliss-reactive ketones (excluding diaryl/α,β-unsaturated/α-hetero) is 1. The number of rotatable bonds is 0. The van der Waals surface area contributed by atoms with E-state index < -0.39 is 6.10 Å². The molecule has 44 valence electrons. The predicted octanol–water partition coefficient (Wildman–Crippen LogP) is 0.266. The maximum absolute atomic E-state index is 10.5. The summed E-state index contributed by atoms with van der Waals surface area (Å²) in [6.07, 6.45) is 3.79. The van der Waals surface area contributed by atoms with Crippen LogP contribution in [0.1, 0.15) is 12.8 Å². The first-order valence-corrected chi connectivity index (χ1v) is 2.66. The minimum atomic E-state index is -0.722. The van der Waals surface area contributed by atoms with Crippen LogP contribution in [0.3, 0.4) is 0 Å². The summed E-state index contributed by atoms with van der Waals surface area (Å²) in [5.41, 5.74) is 0. The van der Waals surface area contributed by atoms with Crippen LogP contribution in [0.4, 0.5) is 0 Å². The molecule has 8 heavy (non-hydrogen) atoms. The third kappa shape index (κ3) is 0.954. The molecule has 0 saturated heterocycles. The van der Waals surface area contributed by atoms with E-state index in [9.17, 15) is 4.79 Å². The zero-order chi connectivity index (χ0) is 5.98. The predicted molar refractivity (Wildman–Crippen MR) is 29.4 cm³/mol. The summed E-state index contributed by atoms with van der Waals surface area (Å²) >= 11 is 0. The highest BCUT2D eigenvalue weighted by Crippen LogP contribution is 2.05. The van der Waals surface area contributed by atoms with Gasteiger partial charge in [0.1, 0.15) is 6.10 Å². The minimum absolute atomic E-state index is 0.0625. The standard InChI is InChI=1S/C6H8O2/c7-5-3-1-2-4-6(5)8/h1-2,5,7H,3-4H2. The Balaban J connectivity index is 2.57. The molecule has 0 bridgehead atoms. The lowest BCUT2D eigenvalue weighted by atomic mass is 10.0. The van der Waals surface area contributed by atoms with E-state index in [4.69, 9.17) is 5.11 Å². The van der Waals surface area contributed by atoms with Gasteiger partial charge in [-0.2, -0.15) is 0 Å². The van der Waals surface area contributed by atoms with Crippen molar-refractivity contribution in [3.05, 3.63) is 12.2 Å². The topological polar surface area (TPSA) is 37.3 Å². The molecule has 1 aliphatic carbocycles. The number of carbonyl (C=O) groups is 1. The lowest BCUT2D eigenvalue weighted by Crippen LogP contribution is -2.20. The van der Waals surface area contributed by atoms with Gasteiger partial charge < -0.3 is 5.11 Å². The number of hydrogen-bond acceptors (Lipinski definition) is 2. The molecule has 1 atom stereocenters. The third-order valence-corrected chi connectivity index (χ3v) is 1.22. The Labute approximate surface area is 47.8 Å². The number of ketones is 1. The molecule has 0 aromatic carbocycles. The largest absolute Gasteiger partial charge is 0.385 e. The highest BCUT2D eigenvalue weighted by Gasteiger charge is 2.14. The highest BCUT2D eigenvalue weighted by molar-refractivity contribution is 5.85. The van der Waals surface area contributed by atoms with Crippen molar-refractivity contribution in [3.63, 3.8) is 0 Å². The van der Waals surface area contributed by atoms with Crippen LogP contribution in [0.15, 0.2) is 12.2 Å². The second-order valence-corrected chi connectivity index (χ2v) is 1.89. The molecule has 1 N–H and O–H groups in total.